The number of rotatable bonds is 3. The van der Waals surface area contributed by atoms with Crippen LogP contribution in [0.25, 0.3) is 0 Å². The number of piperidine rings is 1. The van der Waals surface area contributed by atoms with Crippen molar-refractivity contribution in [2.24, 2.45) is 5.41 Å². The van der Waals surface area contributed by atoms with E-state index in [-0.39, 0.29) is 11.5 Å². The molecule has 1 fully saturated rings. The monoisotopic (exact) mass is 225 g/mol. The minimum absolute atomic E-state index is 0.125. The lowest BCUT2D eigenvalue weighted by atomic mass is 9.76. The van der Waals surface area contributed by atoms with E-state index in [1.54, 1.807) is 0 Å². The third-order valence-corrected chi connectivity index (χ3v) is 3.34. The number of aliphatic carboxylic acids is 1. The Bertz CT molecular complexity index is 290. The van der Waals surface area contributed by atoms with Crippen LogP contribution in [0.2, 0.25) is 0 Å². The molecule has 0 bridgehead atoms. The minimum Gasteiger partial charge on any atom is -0.480 e. The molecule has 0 aromatic heterocycles. The molecule has 0 aromatic carbocycles. The van der Waals surface area contributed by atoms with E-state index in [9.17, 15) is 9.90 Å². The fraction of sp³-hybridized carbons (Fsp3) is 0.769. The maximum atomic E-state index is 11.4. The van der Waals surface area contributed by atoms with Gasteiger partial charge in [0, 0.05) is 6.54 Å². The van der Waals surface area contributed by atoms with Crippen LogP contribution < -0.4 is 0 Å². The zero-order valence-electron chi connectivity index (χ0n) is 10.8. The van der Waals surface area contributed by atoms with Crippen molar-refractivity contribution in [3.8, 4) is 0 Å². The van der Waals surface area contributed by atoms with E-state index in [4.69, 9.17) is 0 Å². The molecular weight excluding hydrogens is 202 g/mol. The van der Waals surface area contributed by atoms with Gasteiger partial charge in [-0.25, -0.2) is 0 Å². The van der Waals surface area contributed by atoms with Crippen LogP contribution in [0, 0.1) is 5.41 Å². The smallest absolute Gasteiger partial charge is 0.321 e. The Hall–Kier alpha value is -0.830. The Kier molecular flexibility index (Phi) is 4.14. The molecule has 0 aliphatic carbocycles. The summed E-state index contributed by atoms with van der Waals surface area (Å²) in [4.78, 5) is 13.4. The molecular formula is C13H23NO2. The molecule has 3 nitrogen and oxygen atoms in total. The molecule has 0 spiro atoms. The first-order chi connectivity index (χ1) is 7.34. The zero-order valence-corrected chi connectivity index (χ0v) is 10.8. The number of carbonyl (C=O) groups is 1. The lowest BCUT2D eigenvalue weighted by Crippen LogP contribution is -2.54. The number of carboxylic acid groups (broad SMARTS) is 1. The molecule has 16 heavy (non-hydrogen) atoms. The van der Waals surface area contributed by atoms with Crippen molar-refractivity contribution in [3.63, 3.8) is 0 Å². The van der Waals surface area contributed by atoms with E-state index in [1.165, 1.54) is 5.57 Å². The van der Waals surface area contributed by atoms with Crippen LogP contribution in [0.5, 0.6) is 0 Å². The molecule has 0 aromatic rings. The summed E-state index contributed by atoms with van der Waals surface area (Å²) >= 11 is 0. The van der Waals surface area contributed by atoms with E-state index < -0.39 is 5.97 Å². The highest BCUT2D eigenvalue weighted by molar-refractivity contribution is 5.74. The molecule has 3 heteroatoms. The van der Waals surface area contributed by atoms with Crippen LogP contribution >= 0.6 is 0 Å². The number of hydrogen-bond acceptors (Lipinski definition) is 2. The number of nitrogens with zero attached hydrogens (tertiary/aromatic N) is 1. The van der Waals surface area contributed by atoms with Gasteiger partial charge in [-0.3, -0.25) is 9.69 Å². The van der Waals surface area contributed by atoms with Crippen molar-refractivity contribution in [3.05, 3.63) is 11.6 Å². The molecule has 1 unspecified atom stereocenters. The van der Waals surface area contributed by atoms with Gasteiger partial charge >= 0.3 is 5.97 Å². The molecule has 1 rings (SSSR count). The van der Waals surface area contributed by atoms with Gasteiger partial charge in [0.05, 0.1) is 0 Å². The maximum absolute atomic E-state index is 11.4. The predicted octanol–water partition coefficient (Wildman–Crippen LogP) is 2.53. The van der Waals surface area contributed by atoms with Crippen molar-refractivity contribution in [2.75, 3.05) is 13.1 Å². The van der Waals surface area contributed by atoms with E-state index >= 15 is 0 Å². The Morgan fingerprint density at radius 3 is 2.62 bits per heavy atom. The highest BCUT2D eigenvalue weighted by Gasteiger charge is 2.41. The quantitative estimate of drug-likeness (QED) is 0.750. The first kappa shape index (κ1) is 13.2. The van der Waals surface area contributed by atoms with Gasteiger partial charge in [-0.05, 0) is 38.6 Å². The molecule has 0 saturated carbocycles. The van der Waals surface area contributed by atoms with Crippen molar-refractivity contribution in [1.82, 2.24) is 4.90 Å². The van der Waals surface area contributed by atoms with E-state index in [1.807, 2.05) is 13.8 Å². The van der Waals surface area contributed by atoms with Crippen molar-refractivity contribution in [1.29, 1.82) is 0 Å². The summed E-state index contributed by atoms with van der Waals surface area (Å²) in [5.74, 6) is -0.688. The van der Waals surface area contributed by atoms with E-state index in [2.05, 4.69) is 24.8 Å². The first-order valence-corrected chi connectivity index (χ1v) is 5.95. The number of carboxylic acids is 1. The Morgan fingerprint density at radius 1 is 1.50 bits per heavy atom. The third-order valence-electron chi connectivity index (χ3n) is 3.34. The molecule has 92 valence electrons. The molecule has 1 atom stereocenters. The lowest BCUT2D eigenvalue weighted by molar-refractivity contribution is -0.150. The van der Waals surface area contributed by atoms with Crippen molar-refractivity contribution < 1.29 is 9.90 Å². The normalized spacial score (nSPS) is 25.1. The lowest BCUT2D eigenvalue weighted by Gasteiger charge is -2.43. The molecule has 1 heterocycles. The second-order valence-corrected chi connectivity index (χ2v) is 5.61. The van der Waals surface area contributed by atoms with Crippen molar-refractivity contribution >= 4 is 5.97 Å². The number of likely N-dealkylation sites (tertiary alicyclic amines) is 1. The largest absolute Gasteiger partial charge is 0.480 e. The number of hydrogen-bond donors (Lipinski definition) is 1. The molecule has 0 amide bonds. The molecule has 1 N–H and O–H groups in total. The van der Waals surface area contributed by atoms with Gasteiger partial charge < -0.3 is 5.11 Å². The van der Waals surface area contributed by atoms with Gasteiger partial charge in [0.15, 0.2) is 0 Å². The molecule has 1 aliphatic heterocycles. The molecule has 1 aliphatic rings. The summed E-state index contributed by atoms with van der Waals surface area (Å²) in [7, 11) is 0. The van der Waals surface area contributed by atoms with Gasteiger partial charge in [-0.2, -0.15) is 0 Å². The summed E-state index contributed by atoms with van der Waals surface area (Å²) in [5, 5.41) is 9.35. The third kappa shape index (κ3) is 3.08. The van der Waals surface area contributed by atoms with Crippen LogP contribution in [0.1, 0.15) is 40.5 Å². The second-order valence-electron chi connectivity index (χ2n) is 5.61. The van der Waals surface area contributed by atoms with Crippen LogP contribution in [-0.2, 0) is 4.79 Å². The second kappa shape index (κ2) is 5.00. The predicted molar refractivity (Wildman–Crippen MR) is 65.4 cm³/mol. The summed E-state index contributed by atoms with van der Waals surface area (Å²) < 4.78 is 0. The average molecular weight is 225 g/mol. The Morgan fingerprint density at radius 2 is 2.12 bits per heavy atom. The average Bonchev–Trinajstić information content (AvgIpc) is 2.12. The minimum atomic E-state index is -0.688. The highest BCUT2D eigenvalue weighted by atomic mass is 16.4. The summed E-state index contributed by atoms with van der Waals surface area (Å²) in [6.45, 7) is 9.85. The fourth-order valence-corrected chi connectivity index (χ4v) is 2.48. The van der Waals surface area contributed by atoms with Crippen LogP contribution in [0.3, 0.4) is 0 Å². The van der Waals surface area contributed by atoms with Crippen LogP contribution in [0.15, 0.2) is 11.6 Å². The summed E-state index contributed by atoms with van der Waals surface area (Å²) in [5.41, 5.74) is 1.12. The summed E-state index contributed by atoms with van der Waals surface area (Å²) in [6, 6.07) is -0.350. The van der Waals surface area contributed by atoms with Gasteiger partial charge in [0.2, 0.25) is 0 Å². The van der Waals surface area contributed by atoms with E-state index in [0.717, 1.165) is 25.9 Å². The summed E-state index contributed by atoms with van der Waals surface area (Å²) in [6.07, 6.45) is 4.19. The Balaban J connectivity index is 2.81. The zero-order chi connectivity index (χ0) is 12.3. The first-order valence-electron chi connectivity index (χ1n) is 5.95. The topological polar surface area (TPSA) is 40.5 Å². The van der Waals surface area contributed by atoms with Gasteiger partial charge in [0.25, 0.3) is 0 Å². The maximum Gasteiger partial charge on any atom is 0.321 e. The SMILES string of the molecule is CC(C)=CCN1CCCC(C)(C)C1C(=O)O. The standard InChI is InChI=1S/C13H23NO2/c1-10(2)6-9-14-8-5-7-13(3,4)11(14)12(15)16/h6,11H,5,7-9H2,1-4H3,(H,15,16). The van der Waals surface area contributed by atoms with Crippen LogP contribution in [0.4, 0.5) is 0 Å². The Labute approximate surface area is 98.1 Å². The van der Waals surface area contributed by atoms with E-state index in [0.29, 0.717) is 0 Å². The highest BCUT2D eigenvalue weighted by Crippen LogP contribution is 2.35. The fourth-order valence-electron chi connectivity index (χ4n) is 2.48. The number of allylic oxidation sites excluding steroid dienone is 1. The van der Waals surface area contributed by atoms with Gasteiger partial charge in [-0.1, -0.05) is 25.5 Å². The van der Waals surface area contributed by atoms with Crippen molar-refractivity contribution in [2.45, 2.75) is 46.6 Å². The molecule has 1 saturated heterocycles. The van der Waals surface area contributed by atoms with Gasteiger partial charge in [0.1, 0.15) is 6.04 Å². The van der Waals surface area contributed by atoms with Gasteiger partial charge in [-0.15, -0.1) is 0 Å². The molecule has 0 radical (unpaired) electrons. The van der Waals surface area contributed by atoms with Crippen LogP contribution in [-0.4, -0.2) is 35.1 Å².